The van der Waals surface area contributed by atoms with Crippen LogP contribution in [0.15, 0.2) is 23.1 Å². The second-order valence-corrected chi connectivity index (χ2v) is 5.44. The van der Waals surface area contributed by atoms with E-state index < -0.39 is 49.3 Å². The Balaban J connectivity index is 3.14. The first-order valence-corrected chi connectivity index (χ1v) is 6.28. The standard InChI is InChI=1S/C9H8FNO6S/c10-7-2-1-6(5-8(7)11(14)15)18(16,17)4-3-9(12)13/h1-2,5H,3-4H2,(H,12,13). The van der Waals surface area contributed by atoms with E-state index in [4.69, 9.17) is 5.11 Å². The number of benzene rings is 1. The molecule has 0 spiro atoms. The monoisotopic (exact) mass is 277 g/mol. The fourth-order valence-electron chi connectivity index (χ4n) is 1.17. The van der Waals surface area contributed by atoms with Gasteiger partial charge in [-0.15, -0.1) is 0 Å². The van der Waals surface area contributed by atoms with Crippen molar-refractivity contribution in [3.05, 3.63) is 34.1 Å². The van der Waals surface area contributed by atoms with Gasteiger partial charge < -0.3 is 5.11 Å². The number of carboxylic acids is 1. The van der Waals surface area contributed by atoms with Gasteiger partial charge in [0, 0.05) is 6.07 Å². The second-order valence-electron chi connectivity index (χ2n) is 3.33. The molecule has 18 heavy (non-hydrogen) atoms. The number of nitro benzene ring substituents is 1. The number of hydrogen-bond acceptors (Lipinski definition) is 5. The number of rotatable bonds is 5. The van der Waals surface area contributed by atoms with E-state index in [9.17, 15) is 27.7 Å². The molecule has 0 radical (unpaired) electrons. The van der Waals surface area contributed by atoms with Gasteiger partial charge in [0.25, 0.3) is 0 Å². The number of sulfone groups is 1. The van der Waals surface area contributed by atoms with Crippen LogP contribution in [0.1, 0.15) is 6.42 Å². The third-order valence-electron chi connectivity index (χ3n) is 2.06. The largest absolute Gasteiger partial charge is 0.481 e. The molecule has 7 nitrogen and oxygen atoms in total. The lowest BCUT2D eigenvalue weighted by Crippen LogP contribution is -2.11. The van der Waals surface area contributed by atoms with Crippen molar-refractivity contribution in [1.29, 1.82) is 0 Å². The maximum absolute atomic E-state index is 13.0. The van der Waals surface area contributed by atoms with Crippen molar-refractivity contribution in [3.63, 3.8) is 0 Å². The van der Waals surface area contributed by atoms with Gasteiger partial charge in [-0.05, 0) is 12.1 Å². The van der Waals surface area contributed by atoms with E-state index >= 15 is 0 Å². The second kappa shape index (κ2) is 5.08. The van der Waals surface area contributed by atoms with E-state index in [-0.39, 0.29) is 0 Å². The molecule has 0 fully saturated rings. The molecule has 98 valence electrons. The molecule has 0 heterocycles. The summed E-state index contributed by atoms with van der Waals surface area (Å²) in [5.41, 5.74) is -0.966. The summed E-state index contributed by atoms with van der Waals surface area (Å²) < 4.78 is 36.2. The van der Waals surface area contributed by atoms with E-state index in [1.165, 1.54) is 0 Å². The first kappa shape index (κ1) is 14.0. The van der Waals surface area contributed by atoms with Crippen molar-refractivity contribution in [1.82, 2.24) is 0 Å². The zero-order chi connectivity index (χ0) is 13.9. The van der Waals surface area contributed by atoms with Gasteiger partial charge in [-0.1, -0.05) is 0 Å². The van der Waals surface area contributed by atoms with Crippen LogP contribution in [0.5, 0.6) is 0 Å². The predicted octanol–water partition coefficient (Wildman–Crippen LogP) is 0.982. The Labute approximate surface area is 101 Å². The summed E-state index contributed by atoms with van der Waals surface area (Å²) in [6, 6.07) is 2.10. The summed E-state index contributed by atoms with van der Waals surface area (Å²) in [6.45, 7) is 0. The van der Waals surface area contributed by atoms with Crippen molar-refractivity contribution in [2.45, 2.75) is 11.3 Å². The van der Waals surface area contributed by atoms with Gasteiger partial charge in [0.15, 0.2) is 9.84 Å². The van der Waals surface area contributed by atoms with Crippen molar-refractivity contribution in [2.75, 3.05) is 5.75 Å². The van der Waals surface area contributed by atoms with E-state index in [1.807, 2.05) is 0 Å². The van der Waals surface area contributed by atoms with Gasteiger partial charge in [-0.3, -0.25) is 14.9 Å². The number of nitrogens with zero attached hydrogens (tertiary/aromatic N) is 1. The number of aliphatic carboxylic acids is 1. The van der Waals surface area contributed by atoms with Crippen LogP contribution in [0.4, 0.5) is 10.1 Å². The molecule has 0 unspecified atom stereocenters. The quantitative estimate of drug-likeness (QED) is 0.487. The zero-order valence-corrected chi connectivity index (χ0v) is 9.68. The Morgan fingerprint density at radius 1 is 1.44 bits per heavy atom. The van der Waals surface area contributed by atoms with Crippen LogP contribution in [0, 0.1) is 15.9 Å². The van der Waals surface area contributed by atoms with Gasteiger partial charge in [0.05, 0.1) is 22.0 Å². The molecule has 0 amide bonds. The van der Waals surface area contributed by atoms with E-state index in [0.717, 1.165) is 6.07 Å². The fraction of sp³-hybridized carbons (Fsp3) is 0.222. The summed E-state index contributed by atoms with van der Waals surface area (Å²) in [6.07, 6.45) is -0.631. The molecule has 0 bridgehead atoms. The number of carbonyl (C=O) groups is 1. The Morgan fingerprint density at radius 3 is 2.56 bits per heavy atom. The molecule has 1 aromatic carbocycles. The van der Waals surface area contributed by atoms with Gasteiger partial charge in [0.1, 0.15) is 0 Å². The molecule has 9 heteroatoms. The third-order valence-corrected chi connectivity index (χ3v) is 3.77. The maximum atomic E-state index is 13.0. The van der Waals surface area contributed by atoms with Gasteiger partial charge in [0.2, 0.25) is 5.82 Å². The van der Waals surface area contributed by atoms with Crippen LogP contribution >= 0.6 is 0 Å². The summed E-state index contributed by atoms with van der Waals surface area (Å²) in [4.78, 5) is 19.2. The third kappa shape index (κ3) is 3.23. The fourth-order valence-corrected chi connectivity index (χ4v) is 2.41. The Morgan fingerprint density at radius 2 is 2.06 bits per heavy atom. The van der Waals surface area contributed by atoms with Crippen LogP contribution in [-0.4, -0.2) is 30.2 Å². The number of hydrogen-bond donors (Lipinski definition) is 1. The molecule has 0 atom stereocenters. The SMILES string of the molecule is O=C(O)CCS(=O)(=O)c1ccc(F)c([N+](=O)[O-])c1. The molecule has 0 aromatic heterocycles. The summed E-state index contributed by atoms with van der Waals surface area (Å²) in [7, 11) is -3.98. The smallest absolute Gasteiger partial charge is 0.306 e. The van der Waals surface area contributed by atoms with Crippen LogP contribution in [0.25, 0.3) is 0 Å². The lowest BCUT2D eigenvalue weighted by molar-refractivity contribution is -0.387. The van der Waals surface area contributed by atoms with E-state index in [0.29, 0.717) is 12.1 Å². The molecule has 0 aliphatic rings. The average Bonchev–Trinajstić information content (AvgIpc) is 2.26. The number of halogens is 1. The van der Waals surface area contributed by atoms with Crippen molar-refractivity contribution in [2.24, 2.45) is 0 Å². The van der Waals surface area contributed by atoms with Crippen LogP contribution in [0.3, 0.4) is 0 Å². The van der Waals surface area contributed by atoms with Gasteiger partial charge >= 0.3 is 11.7 Å². The van der Waals surface area contributed by atoms with Crippen molar-refractivity contribution in [3.8, 4) is 0 Å². The van der Waals surface area contributed by atoms with Gasteiger partial charge in [-0.25, -0.2) is 8.42 Å². The highest BCUT2D eigenvalue weighted by molar-refractivity contribution is 7.91. The van der Waals surface area contributed by atoms with Crippen LogP contribution in [-0.2, 0) is 14.6 Å². The van der Waals surface area contributed by atoms with Crippen LogP contribution < -0.4 is 0 Å². The maximum Gasteiger partial charge on any atom is 0.306 e. The number of nitro groups is 1. The highest BCUT2D eigenvalue weighted by Crippen LogP contribution is 2.22. The molecule has 0 aliphatic heterocycles. The van der Waals surface area contributed by atoms with Crippen LogP contribution in [0.2, 0.25) is 0 Å². The normalized spacial score (nSPS) is 11.2. The predicted molar refractivity (Wildman–Crippen MR) is 57.4 cm³/mol. The lowest BCUT2D eigenvalue weighted by Gasteiger charge is -2.03. The summed E-state index contributed by atoms with van der Waals surface area (Å²) >= 11 is 0. The molecular formula is C9H8FNO6S. The molecule has 1 N–H and O–H groups in total. The molecule has 1 aromatic rings. The average molecular weight is 277 g/mol. The first-order valence-electron chi connectivity index (χ1n) is 4.62. The first-order chi connectivity index (χ1) is 8.24. The molecule has 1 rings (SSSR count). The Kier molecular flexibility index (Phi) is 3.96. The minimum absolute atomic E-state index is 0.475. The van der Waals surface area contributed by atoms with Crippen molar-refractivity contribution < 1.29 is 27.6 Å². The highest BCUT2D eigenvalue weighted by atomic mass is 32.2. The highest BCUT2D eigenvalue weighted by Gasteiger charge is 2.22. The topological polar surface area (TPSA) is 115 Å². The molecule has 0 saturated heterocycles. The summed E-state index contributed by atoms with van der Waals surface area (Å²) in [5, 5.41) is 18.8. The lowest BCUT2D eigenvalue weighted by atomic mass is 10.3. The van der Waals surface area contributed by atoms with E-state index in [1.54, 1.807) is 0 Å². The molecular weight excluding hydrogens is 269 g/mol. The molecule has 0 saturated carbocycles. The molecule has 0 aliphatic carbocycles. The minimum atomic E-state index is -3.98. The van der Waals surface area contributed by atoms with Crippen molar-refractivity contribution >= 4 is 21.5 Å². The summed E-state index contributed by atoms with van der Waals surface area (Å²) in [5.74, 6) is -3.17. The van der Waals surface area contributed by atoms with E-state index in [2.05, 4.69) is 0 Å². The van der Waals surface area contributed by atoms with Gasteiger partial charge in [-0.2, -0.15) is 4.39 Å². The Bertz CT molecular complexity index is 597. The zero-order valence-electron chi connectivity index (χ0n) is 8.87. The number of carboxylic acid groups (broad SMARTS) is 1. The minimum Gasteiger partial charge on any atom is -0.481 e. The Hall–Kier alpha value is -2.03.